The van der Waals surface area contributed by atoms with E-state index in [9.17, 15) is 31.5 Å². The van der Waals surface area contributed by atoms with Crippen LogP contribution in [-0.4, -0.2) is 11.8 Å². The summed E-state index contributed by atoms with van der Waals surface area (Å²) < 4.78 is 65.5. The van der Waals surface area contributed by atoms with Crippen LogP contribution in [0.15, 0.2) is 42.5 Å². The van der Waals surface area contributed by atoms with Crippen molar-refractivity contribution in [3.63, 3.8) is 0 Å². The van der Waals surface area contributed by atoms with Crippen LogP contribution in [-0.2, 0) is 15.8 Å². The van der Waals surface area contributed by atoms with Crippen LogP contribution in [0.4, 0.5) is 27.6 Å². The van der Waals surface area contributed by atoms with Crippen LogP contribution in [0.3, 0.4) is 0 Å². The van der Waals surface area contributed by atoms with Crippen molar-refractivity contribution >= 4 is 17.5 Å². The molecule has 2 aromatic carbocycles. The SMILES string of the molecule is O=C(Nc1ccccc1F)C1C(=O)NC1c1ccc(F)c(C(F)(F)F)c1. The maximum absolute atomic E-state index is 13.6. The van der Waals surface area contributed by atoms with Crippen molar-refractivity contribution in [2.24, 2.45) is 5.92 Å². The molecule has 1 fully saturated rings. The first-order valence-electron chi connectivity index (χ1n) is 7.41. The van der Waals surface area contributed by atoms with Crippen LogP contribution in [0.1, 0.15) is 17.2 Å². The minimum Gasteiger partial charge on any atom is -0.347 e. The Morgan fingerprint density at radius 3 is 2.35 bits per heavy atom. The Labute approximate surface area is 144 Å². The van der Waals surface area contributed by atoms with E-state index in [4.69, 9.17) is 0 Å². The van der Waals surface area contributed by atoms with Crippen LogP contribution in [0.5, 0.6) is 0 Å². The first kappa shape index (κ1) is 17.8. The van der Waals surface area contributed by atoms with Gasteiger partial charge >= 0.3 is 6.18 Å². The summed E-state index contributed by atoms with van der Waals surface area (Å²) in [5.41, 5.74) is -1.73. The molecule has 1 aliphatic rings. The van der Waals surface area contributed by atoms with E-state index in [1.807, 2.05) is 0 Å². The van der Waals surface area contributed by atoms with Crippen molar-refractivity contribution in [3.8, 4) is 0 Å². The molecule has 0 radical (unpaired) electrons. The van der Waals surface area contributed by atoms with Gasteiger partial charge in [0.2, 0.25) is 11.8 Å². The van der Waals surface area contributed by atoms with Gasteiger partial charge in [-0.05, 0) is 29.8 Å². The second-order valence-electron chi connectivity index (χ2n) is 5.67. The Hall–Kier alpha value is -2.97. The molecule has 2 amide bonds. The third-order valence-corrected chi connectivity index (χ3v) is 3.98. The maximum Gasteiger partial charge on any atom is 0.419 e. The van der Waals surface area contributed by atoms with Crippen molar-refractivity contribution in [2.45, 2.75) is 12.2 Å². The molecule has 9 heteroatoms. The van der Waals surface area contributed by atoms with Gasteiger partial charge in [-0.25, -0.2) is 8.78 Å². The number of para-hydroxylation sites is 1. The topological polar surface area (TPSA) is 58.2 Å². The number of hydrogen-bond donors (Lipinski definition) is 2. The van der Waals surface area contributed by atoms with Crippen molar-refractivity contribution < 1.29 is 31.5 Å². The second-order valence-corrected chi connectivity index (χ2v) is 5.67. The highest BCUT2D eigenvalue weighted by atomic mass is 19.4. The summed E-state index contributed by atoms with van der Waals surface area (Å²) in [4.78, 5) is 24.0. The molecule has 3 rings (SSSR count). The van der Waals surface area contributed by atoms with Crippen molar-refractivity contribution in [1.29, 1.82) is 0 Å². The van der Waals surface area contributed by atoms with Crippen LogP contribution < -0.4 is 10.6 Å². The lowest BCUT2D eigenvalue weighted by molar-refractivity contribution is -0.142. The number of hydrogen-bond acceptors (Lipinski definition) is 2. The summed E-state index contributed by atoms with van der Waals surface area (Å²) in [6.07, 6.45) is -4.92. The molecular formula is C17H11F5N2O2. The molecule has 1 heterocycles. The summed E-state index contributed by atoms with van der Waals surface area (Å²) >= 11 is 0. The Kier molecular flexibility index (Phi) is 4.39. The second kappa shape index (κ2) is 6.40. The minimum absolute atomic E-state index is 0.0768. The van der Waals surface area contributed by atoms with Crippen LogP contribution in [0.2, 0.25) is 0 Å². The Morgan fingerprint density at radius 2 is 1.73 bits per heavy atom. The highest BCUT2D eigenvalue weighted by Crippen LogP contribution is 2.37. The van der Waals surface area contributed by atoms with Gasteiger partial charge in [0.1, 0.15) is 17.6 Å². The van der Waals surface area contributed by atoms with Gasteiger partial charge in [0.25, 0.3) is 0 Å². The van der Waals surface area contributed by atoms with Gasteiger partial charge in [-0.2, -0.15) is 13.2 Å². The number of anilines is 1. The first-order valence-corrected chi connectivity index (χ1v) is 7.41. The lowest BCUT2D eigenvalue weighted by Gasteiger charge is -2.36. The van der Waals surface area contributed by atoms with Crippen LogP contribution in [0, 0.1) is 17.6 Å². The van der Waals surface area contributed by atoms with E-state index in [1.165, 1.54) is 18.2 Å². The Morgan fingerprint density at radius 1 is 1.04 bits per heavy atom. The molecule has 2 atom stereocenters. The average molecular weight is 370 g/mol. The van der Waals surface area contributed by atoms with Crippen LogP contribution in [0.25, 0.3) is 0 Å². The van der Waals surface area contributed by atoms with Gasteiger partial charge in [0.15, 0.2) is 0 Å². The van der Waals surface area contributed by atoms with E-state index in [0.29, 0.717) is 12.1 Å². The number of benzene rings is 2. The van der Waals surface area contributed by atoms with Gasteiger partial charge in [-0.3, -0.25) is 9.59 Å². The molecule has 2 unspecified atom stereocenters. The predicted octanol–water partition coefficient (Wildman–Crippen LogP) is 3.41. The lowest BCUT2D eigenvalue weighted by Crippen LogP contribution is -2.56. The molecule has 4 nitrogen and oxygen atoms in total. The van der Waals surface area contributed by atoms with E-state index >= 15 is 0 Å². The monoisotopic (exact) mass is 370 g/mol. The molecule has 0 aromatic heterocycles. The third kappa shape index (κ3) is 3.24. The summed E-state index contributed by atoms with van der Waals surface area (Å²) in [5.74, 6) is -5.14. The zero-order chi connectivity index (χ0) is 19.1. The van der Waals surface area contributed by atoms with Crippen molar-refractivity contribution in [3.05, 3.63) is 65.2 Å². The normalized spacial score (nSPS) is 19.5. The number of carbonyl (C=O) groups is 2. The molecule has 26 heavy (non-hydrogen) atoms. The number of nitrogens with one attached hydrogen (secondary N) is 2. The molecule has 0 spiro atoms. The average Bonchev–Trinajstić information content (AvgIpc) is 2.54. The highest BCUT2D eigenvalue weighted by Gasteiger charge is 2.46. The summed E-state index contributed by atoms with van der Waals surface area (Å²) in [6.45, 7) is 0. The van der Waals surface area contributed by atoms with Gasteiger partial charge in [-0.15, -0.1) is 0 Å². The molecule has 1 aliphatic heterocycles. The Balaban J connectivity index is 1.85. The number of amides is 2. The lowest BCUT2D eigenvalue weighted by atomic mass is 9.83. The zero-order valence-electron chi connectivity index (χ0n) is 12.9. The standard InChI is InChI=1S/C17H11F5N2O2/c18-10-6-5-8(7-9(10)17(20,21)22)14-13(16(26)24-14)15(25)23-12-4-2-1-3-11(12)19/h1-7,13-14H,(H,23,25)(H,24,26). The number of rotatable bonds is 3. The summed E-state index contributed by atoms with van der Waals surface area (Å²) in [6, 6.07) is 6.39. The van der Waals surface area contributed by atoms with E-state index in [2.05, 4.69) is 10.6 Å². The third-order valence-electron chi connectivity index (χ3n) is 3.98. The van der Waals surface area contributed by atoms with Gasteiger partial charge < -0.3 is 10.6 Å². The van der Waals surface area contributed by atoms with E-state index in [1.54, 1.807) is 0 Å². The fraction of sp³-hybridized carbons (Fsp3) is 0.176. The zero-order valence-corrected chi connectivity index (χ0v) is 12.9. The Bertz CT molecular complexity index is 882. The predicted molar refractivity (Wildman–Crippen MR) is 80.8 cm³/mol. The largest absolute Gasteiger partial charge is 0.419 e. The number of carbonyl (C=O) groups excluding carboxylic acids is 2. The number of β-lactam (4-membered cyclic amide) rings is 1. The smallest absolute Gasteiger partial charge is 0.347 e. The quantitative estimate of drug-likeness (QED) is 0.494. The summed E-state index contributed by atoms with van der Waals surface area (Å²) in [5, 5.41) is 4.53. The van der Waals surface area contributed by atoms with E-state index in [0.717, 1.165) is 12.1 Å². The van der Waals surface area contributed by atoms with Gasteiger partial charge in [0, 0.05) is 0 Å². The number of alkyl halides is 3. The molecule has 136 valence electrons. The molecule has 0 saturated carbocycles. The summed E-state index contributed by atoms with van der Waals surface area (Å²) in [7, 11) is 0. The van der Waals surface area contributed by atoms with Gasteiger partial charge in [-0.1, -0.05) is 18.2 Å². The fourth-order valence-electron chi connectivity index (χ4n) is 2.65. The van der Waals surface area contributed by atoms with E-state index in [-0.39, 0.29) is 11.3 Å². The molecule has 2 aromatic rings. The van der Waals surface area contributed by atoms with Gasteiger partial charge in [0.05, 0.1) is 17.3 Å². The molecule has 2 N–H and O–H groups in total. The van der Waals surface area contributed by atoms with E-state index < -0.39 is 47.1 Å². The van der Waals surface area contributed by atoms with Crippen LogP contribution >= 0.6 is 0 Å². The molecule has 1 saturated heterocycles. The number of halogens is 5. The highest BCUT2D eigenvalue weighted by molar-refractivity contribution is 6.10. The maximum atomic E-state index is 13.6. The molecular weight excluding hydrogens is 359 g/mol. The minimum atomic E-state index is -4.92. The first-order chi connectivity index (χ1) is 12.2. The molecule has 0 bridgehead atoms. The fourth-order valence-corrected chi connectivity index (χ4v) is 2.65. The van der Waals surface area contributed by atoms with Crippen molar-refractivity contribution in [2.75, 3.05) is 5.32 Å². The molecule has 0 aliphatic carbocycles. The van der Waals surface area contributed by atoms with Crippen molar-refractivity contribution in [1.82, 2.24) is 5.32 Å².